The summed E-state index contributed by atoms with van der Waals surface area (Å²) in [5, 5.41) is 0. The minimum absolute atomic E-state index is 0.245. The lowest BCUT2D eigenvalue weighted by Crippen LogP contribution is -2.08. The van der Waals surface area contributed by atoms with Crippen LogP contribution in [0.2, 0.25) is 0 Å². The molecule has 1 atom stereocenters. The van der Waals surface area contributed by atoms with E-state index in [-0.39, 0.29) is 5.83 Å². The molecular formula is C6H5ClFI. The van der Waals surface area contributed by atoms with Crippen LogP contribution in [0.15, 0.2) is 24.1 Å². The van der Waals surface area contributed by atoms with Gasteiger partial charge in [-0.1, -0.05) is 28.7 Å². The Kier molecular flexibility index (Phi) is 2.16. The maximum absolute atomic E-state index is 12.4. The Hall–Kier alpha value is 0.430. The van der Waals surface area contributed by atoms with Crippen molar-refractivity contribution in [3.63, 3.8) is 0 Å². The molecule has 0 fully saturated rings. The third-order valence-corrected chi connectivity index (χ3v) is 2.03. The van der Waals surface area contributed by atoms with Crippen LogP contribution in [0, 0.1) is 0 Å². The van der Waals surface area contributed by atoms with Crippen LogP contribution in [0.3, 0.4) is 0 Å². The van der Waals surface area contributed by atoms with Gasteiger partial charge in [-0.15, -0.1) is 11.6 Å². The van der Waals surface area contributed by atoms with Gasteiger partial charge in [-0.25, -0.2) is 4.39 Å². The molecule has 0 aromatic carbocycles. The summed E-state index contributed by atoms with van der Waals surface area (Å²) >= 11 is 7.79. The molecule has 9 heavy (non-hydrogen) atoms. The molecule has 0 aromatic rings. The average molecular weight is 258 g/mol. The second-order valence-corrected chi connectivity index (χ2v) is 5.13. The van der Waals surface area contributed by atoms with Crippen molar-refractivity contribution in [2.24, 2.45) is 0 Å². The molecule has 0 amide bonds. The number of alkyl halides is 2. The number of hydrogen-bond acceptors (Lipinski definition) is 0. The van der Waals surface area contributed by atoms with E-state index < -0.39 is 2.88 Å². The van der Waals surface area contributed by atoms with E-state index in [4.69, 9.17) is 11.6 Å². The van der Waals surface area contributed by atoms with E-state index in [1.807, 2.05) is 22.6 Å². The third kappa shape index (κ3) is 2.26. The predicted octanol–water partition coefficient (Wildman–Crippen LogP) is 3.17. The van der Waals surface area contributed by atoms with Gasteiger partial charge >= 0.3 is 0 Å². The van der Waals surface area contributed by atoms with Crippen LogP contribution in [0.25, 0.3) is 0 Å². The van der Waals surface area contributed by atoms with Crippen LogP contribution in [-0.2, 0) is 0 Å². The molecular weight excluding hydrogens is 253 g/mol. The standard InChI is InChI=1S/C6H5ClFI/c7-6(9)3-1-2-5(8)4-6/h1-2,4H,3H2. The van der Waals surface area contributed by atoms with Crippen molar-refractivity contribution in [2.45, 2.75) is 9.30 Å². The van der Waals surface area contributed by atoms with Crippen LogP contribution in [0.1, 0.15) is 6.42 Å². The van der Waals surface area contributed by atoms with E-state index in [2.05, 4.69) is 0 Å². The van der Waals surface area contributed by atoms with Crippen molar-refractivity contribution in [1.82, 2.24) is 0 Å². The molecule has 1 aliphatic rings. The van der Waals surface area contributed by atoms with Gasteiger partial charge in [0.2, 0.25) is 0 Å². The number of rotatable bonds is 0. The van der Waals surface area contributed by atoms with Gasteiger partial charge in [0.05, 0.1) is 0 Å². The molecule has 1 unspecified atom stereocenters. The lowest BCUT2D eigenvalue weighted by molar-refractivity contribution is 0.652. The van der Waals surface area contributed by atoms with Gasteiger partial charge in [0.15, 0.2) is 0 Å². The second-order valence-electron chi connectivity index (χ2n) is 1.90. The summed E-state index contributed by atoms with van der Waals surface area (Å²) in [6.07, 6.45) is 5.27. The fourth-order valence-corrected chi connectivity index (χ4v) is 1.38. The first kappa shape index (κ1) is 7.54. The third-order valence-electron chi connectivity index (χ3n) is 1.02. The Morgan fingerprint density at radius 1 is 1.78 bits per heavy atom. The maximum atomic E-state index is 12.4. The van der Waals surface area contributed by atoms with E-state index in [9.17, 15) is 4.39 Å². The second kappa shape index (κ2) is 2.58. The first-order valence-electron chi connectivity index (χ1n) is 2.53. The number of hydrogen-bond donors (Lipinski definition) is 0. The zero-order valence-corrected chi connectivity index (χ0v) is 7.49. The molecule has 50 valence electrons. The molecule has 0 nitrogen and oxygen atoms in total. The van der Waals surface area contributed by atoms with Crippen LogP contribution in [-0.4, -0.2) is 2.88 Å². The van der Waals surface area contributed by atoms with Gasteiger partial charge in [0.25, 0.3) is 0 Å². The molecule has 0 saturated carbocycles. The number of allylic oxidation sites excluding steroid dienone is 4. The normalized spacial score (nSPS) is 34.3. The van der Waals surface area contributed by atoms with Crippen molar-refractivity contribution in [1.29, 1.82) is 0 Å². The number of halogens is 3. The van der Waals surface area contributed by atoms with Gasteiger partial charge in [0.1, 0.15) is 8.71 Å². The molecule has 0 radical (unpaired) electrons. The summed E-state index contributed by atoms with van der Waals surface area (Å²) in [4.78, 5) is 0. The monoisotopic (exact) mass is 258 g/mol. The lowest BCUT2D eigenvalue weighted by atomic mass is 10.2. The SMILES string of the molecule is FC1=CC(Cl)(I)CC=C1. The molecule has 0 bridgehead atoms. The molecule has 0 spiro atoms. The molecule has 1 rings (SSSR count). The zero-order valence-electron chi connectivity index (χ0n) is 4.57. The van der Waals surface area contributed by atoms with Crippen LogP contribution < -0.4 is 0 Å². The topological polar surface area (TPSA) is 0 Å². The Balaban J connectivity index is 2.78. The predicted molar refractivity (Wildman–Crippen MR) is 45.6 cm³/mol. The van der Waals surface area contributed by atoms with E-state index in [1.165, 1.54) is 12.2 Å². The minimum Gasteiger partial charge on any atom is -0.207 e. The fraction of sp³-hybridized carbons (Fsp3) is 0.333. The highest BCUT2D eigenvalue weighted by atomic mass is 127. The summed E-state index contributed by atoms with van der Waals surface area (Å²) in [6, 6.07) is 0. The van der Waals surface area contributed by atoms with Gasteiger partial charge in [-0.3, -0.25) is 0 Å². The maximum Gasteiger partial charge on any atom is 0.121 e. The lowest BCUT2D eigenvalue weighted by Gasteiger charge is -2.15. The zero-order chi connectivity index (χ0) is 6.91. The Morgan fingerprint density at radius 3 is 2.78 bits per heavy atom. The van der Waals surface area contributed by atoms with E-state index >= 15 is 0 Å². The fourth-order valence-electron chi connectivity index (χ4n) is 0.637. The first-order valence-corrected chi connectivity index (χ1v) is 3.98. The van der Waals surface area contributed by atoms with Gasteiger partial charge < -0.3 is 0 Å². The van der Waals surface area contributed by atoms with Crippen LogP contribution >= 0.6 is 34.2 Å². The Morgan fingerprint density at radius 2 is 2.44 bits per heavy atom. The smallest absolute Gasteiger partial charge is 0.121 e. The van der Waals surface area contributed by atoms with Gasteiger partial charge in [0, 0.05) is 0 Å². The highest BCUT2D eigenvalue weighted by molar-refractivity contribution is 14.1. The molecule has 0 aromatic heterocycles. The molecule has 0 heterocycles. The minimum atomic E-state index is -0.531. The van der Waals surface area contributed by atoms with E-state index in [0.717, 1.165) is 0 Å². The van der Waals surface area contributed by atoms with Crippen LogP contribution in [0.5, 0.6) is 0 Å². The van der Waals surface area contributed by atoms with Crippen molar-refractivity contribution in [2.75, 3.05) is 0 Å². The highest BCUT2D eigenvalue weighted by Crippen LogP contribution is 2.34. The Labute approximate surface area is 71.9 Å². The summed E-state index contributed by atoms with van der Waals surface area (Å²) in [6.45, 7) is 0. The van der Waals surface area contributed by atoms with Gasteiger partial charge in [-0.2, -0.15) is 0 Å². The van der Waals surface area contributed by atoms with E-state index in [0.29, 0.717) is 6.42 Å². The van der Waals surface area contributed by atoms with Gasteiger partial charge in [-0.05, 0) is 18.6 Å². The largest absolute Gasteiger partial charge is 0.207 e. The van der Waals surface area contributed by atoms with Crippen LogP contribution in [0.4, 0.5) is 4.39 Å². The summed E-state index contributed by atoms with van der Waals surface area (Å²) < 4.78 is 11.8. The summed E-state index contributed by atoms with van der Waals surface area (Å²) in [5.41, 5.74) is 0. The molecule has 1 aliphatic carbocycles. The highest BCUT2D eigenvalue weighted by Gasteiger charge is 2.21. The van der Waals surface area contributed by atoms with Crippen molar-refractivity contribution in [3.05, 3.63) is 24.1 Å². The summed E-state index contributed by atoms with van der Waals surface area (Å²) in [7, 11) is 0. The molecule has 0 aliphatic heterocycles. The molecule has 3 heteroatoms. The van der Waals surface area contributed by atoms with E-state index in [1.54, 1.807) is 6.08 Å². The van der Waals surface area contributed by atoms with Crippen molar-refractivity contribution < 1.29 is 4.39 Å². The van der Waals surface area contributed by atoms with Crippen molar-refractivity contribution >= 4 is 34.2 Å². The first-order chi connectivity index (χ1) is 4.10. The Bertz CT molecular complexity index is 172. The quantitative estimate of drug-likeness (QED) is 0.462. The van der Waals surface area contributed by atoms with Crippen molar-refractivity contribution in [3.8, 4) is 0 Å². The molecule has 0 saturated heterocycles. The molecule has 0 N–H and O–H groups in total. The summed E-state index contributed by atoms with van der Waals surface area (Å²) in [5.74, 6) is -0.245. The average Bonchev–Trinajstić information content (AvgIpc) is 1.60.